The average Bonchev–Trinajstić information content (AvgIpc) is 2.45. The Kier molecular flexibility index (Phi) is 5.03. The summed E-state index contributed by atoms with van der Waals surface area (Å²) in [7, 11) is 0. The molecule has 1 N–H and O–H groups in total. The van der Waals surface area contributed by atoms with Crippen molar-refractivity contribution in [3.05, 3.63) is 0 Å². The van der Waals surface area contributed by atoms with Gasteiger partial charge in [0, 0.05) is 25.6 Å². The van der Waals surface area contributed by atoms with Gasteiger partial charge in [-0.3, -0.25) is 0 Å². The molecule has 1 aliphatic heterocycles. The minimum atomic E-state index is 0.0413. The molecule has 1 saturated heterocycles. The summed E-state index contributed by atoms with van der Waals surface area (Å²) in [5.74, 6) is 2.55. The van der Waals surface area contributed by atoms with Crippen molar-refractivity contribution in [2.75, 3.05) is 13.1 Å². The molecule has 1 heterocycles. The van der Waals surface area contributed by atoms with Crippen LogP contribution in [0.15, 0.2) is 0 Å². The van der Waals surface area contributed by atoms with Crippen molar-refractivity contribution in [2.24, 2.45) is 0 Å². The lowest BCUT2D eigenvalue weighted by molar-refractivity contribution is 0.196. The van der Waals surface area contributed by atoms with Crippen molar-refractivity contribution >= 4 is 6.03 Å². The standard InChI is InChI=1S/C12H20N2O/c1-3-8-11(2)13-12(15)14-9-6-4-5-7-10-14/h1,11H,4-10H2,2H3,(H,13,15). The largest absolute Gasteiger partial charge is 0.335 e. The predicted octanol–water partition coefficient (Wildman–Crippen LogP) is 1.98. The molecule has 0 radical (unpaired) electrons. The first-order chi connectivity index (χ1) is 7.24. The van der Waals surface area contributed by atoms with Crippen molar-refractivity contribution in [1.29, 1.82) is 0 Å². The van der Waals surface area contributed by atoms with E-state index in [1.54, 1.807) is 0 Å². The van der Waals surface area contributed by atoms with Gasteiger partial charge in [0.2, 0.25) is 0 Å². The Balaban J connectivity index is 2.34. The molecule has 0 aromatic rings. The summed E-state index contributed by atoms with van der Waals surface area (Å²) >= 11 is 0. The molecule has 1 unspecified atom stereocenters. The number of nitrogens with zero attached hydrogens (tertiary/aromatic N) is 1. The maximum absolute atomic E-state index is 11.8. The second-order valence-corrected chi connectivity index (χ2v) is 4.16. The molecular weight excluding hydrogens is 188 g/mol. The first-order valence-electron chi connectivity index (χ1n) is 5.73. The third kappa shape index (κ3) is 4.24. The van der Waals surface area contributed by atoms with Crippen LogP contribution in [-0.4, -0.2) is 30.1 Å². The molecule has 0 spiro atoms. The van der Waals surface area contributed by atoms with Crippen molar-refractivity contribution in [1.82, 2.24) is 10.2 Å². The SMILES string of the molecule is C#CCC(C)NC(=O)N1CCCCCC1. The number of rotatable bonds is 2. The highest BCUT2D eigenvalue weighted by molar-refractivity contribution is 5.74. The van der Waals surface area contributed by atoms with Gasteiger partial charge in [0.25, 0.3) is 0 Å². The van der Waals surface area contributed by atoms with E-state index < -0.39 is 0 Å². The van der Waals surface area contributed by atoms with Crippen LogP contribution in [0.3, 0.4) is 0 Å². The smallest absolute Gasteiger partial charge is 0.317 e. The molecule has 0 aliphatic carbocycles. The van der Waals surface area contributed by atoms with Gasteiger partial charge in [-0.1, -0.05) is 12.8 Å². The number of hydrogen-bond acceptors (Lipinski definition) is 1. The Hall–Kier alpha value is -1.17. The molecule has 1 aliphatic rings. The average molecular weight is 208 g/mol. The summed E-state index contributed by atoms with van der Waals surface area (Å²) < 4.78 is 0. The molecule has 3 nitrogen and oxygen atoms in total. The number of hydrogen-bond donors (Lipinski definition) is 1. The summed E-state index contributed by atoms with van der Waals surface area (Å²) in [6.45, 7) is 3.71. The van der Waals surface area contributed by atoms with Gasteiger partial charge in [-0.15, -0.1) is 12.3 Å². The van der Waals surface area contributed by atoms with Crippen LogP contribution in [-0.2, 0) is 0 Å². The normalized spacial score (nSPS) is 18.8. The van der Waals surface area contributed by atoms with E-state index in [0.29, 0.717) is 6.42 Å². The number of likely N-dealkylation sites (tertiary alicyclic amines) is 1. The van der Waals surface area contributed by atoms with Gasteiger partial charge >= 0.3 is 6.03 Å². The van der Waals surface area contributed by atoms with Crippen molar-refractivity contribution in [3.8, 4) is 12.3 Å². The molecule has 84 valence electrons. The number of terminal acetylenes is 1. The van der Waals surface area contributed by atoms with E-state index in [2.05, 4.69) is 11.2 Å². The topological polar surface area (TPSA) is 32.3 Å². The molecule has 15 heavy (non-hydrogen) atoms. The van der Waals surface area contributed by atoms with Crippen LogP contribution >= 0.6 is 0 Å². The number of carbonyl (C=O) groups excluding carboxylic acids is 1. The maximum Gasteiger partial charge on any atom is 0.317 e. The van der Waals surface area contributed by atoms with Gasteiger partial charge in [-0.05, 0) is 19.8 Å². The summed E-state index contributed by atoms with van der Waals surface area (Å²) in [5, 5.41) is 2.92. The highest BCUT2D eigenvalue weighted by Gasteiger charge is 2.16. The van der Waals surface area contributed by atoms with E-state index in [4.69, 9.17) is 6.42 Å². The Morgan fingerprint density at radius 2 is 2.00 bits per heavy atom. The first-order valence-corrected chi connectivity index (χ1v) is 5.73. The third-order valence-corrected chi connectivity index (χ3v) is 2.69. The molecule has 3 heteroatoms. The van der Waals surface area contributed by atoms with E-state index in [1.807, 2.05) is 11.8 Å². The van der Waals surface area contributed by atoms with Crippen LogP contribution in [0.25, 0.3) is 0 Å². The fourth-order valence-corrected chi connectivity index (χ4v) is 1.80. The van der Waals surface area contributed by atoms with Gasteiger partial charge in [-0.2, -0.15) is 0 Å². The van der Waals surface area contributed by atoms with E-state index in [9.17, 15) is 4.79 Å². The summed E-state index contributed by atoms with van der Waals surface area (Å²) in [5.41, 5.74) is 0. The zero-order valence-corrected chi connectivity index (χ0v) is 9.46. The minimum Gasteiger partial charge on any atom is -0.335 e. The second-order valence-electron chi connectivity index (χ2n) is 4.16. The quantitative estimate of drug-likeness (QED) is 0.691. The van der Waals surface area contributed by atoms with E-state index in [1.165, 1.54) is 12.8 Å². The van der Waals surface area contributed by atoms with E-state index in [0.717, 1.165) is 25.9 Å². The molecule has 0 bridgehead atoms. The van der Waals surface area contributed by atoms with Crippen LogP contribution in [0.4, 0.5) is 4.79 Å². The molecule has 2 amide bonds. The Labute approximate surface area is 92.2 Å². The van der Waals surface area contributed by atoms with E-state index in [-0.39, 0.29) is 12.1 Å². The Bertz CT molecular complexity index is 236. The van der Waals surface area contributed by atoms with Crippen LogP contribution in [0, 0.1) is 12.3 Å². The van der Waals surface area contributed by atoms with Gasteiger partial charge in [0.1, 0.15) is 0 Å². The molecule has 1 atom stereocenters. The number of carbonyl (C=O) groups is 1. The number of urea groups is 1. The molecule has 0 aromatic carbocycles. The van der Waals surface area contributed by atoms with Gasteiger partial charge < -0.3 is 10.2 Å². The lowest BCUT2D eigenvalue weighted by Gasteiger charge is -2.22. The monoisotopic (exact) mass is 208 g/mol. The summed E-state index contributed by atoms with van der Waals surface area (Å²) in [6, 6.07) is 0.116. The predicted molar refractivity (Wildman–Crippen MR) is 61.5 cm³/mol. The molecular formula is C12H20N2O. The fourth-order valence-electron chi connectivity index (χ4n) is 1.80. The summed E-state index contributed by atoms with van der Waals surface area (Å²) in [6.07, 6.45) is 10.5. The molecule has 1 rings (SSSR count). The molecule has 1 fully saturated rings. The third-order valence-electron chi connectivity index (χ3n) is 2.69. The summed E-state index contributed by atoms with van der Waals surface area (Å²) in [4.78, 5) is 13.7. The van der Waals surface area contributed by atoms with Gasteiger partial charge in [-0.25, -0.2) is 4.79 Å². The van der Waals surface area contributed by atoms with Gasteiger partial charge in [0.15, 0.2) is 0 Å². The van der Waals surface area contributed by atoms with Crippen molar-refractivity contribution in [2.45, 2.75) is 45.1 Å². The number of amides is 2. The lowest BCUT2D eigenvalue weighted by atomic mass is 10.2. The van der Waals surface area contributed by atoms with Crippen LogP contribution in [0.5, 0.6) is 0 Å². The highest BCUT2D eigenvalue weighted by Crippen LogP contribution is 2.09. The number of nitrogens with one attached hydrogen (secondary N) is 1. The van der Waals surface area contributed by atoms with Crippen LogP contribution < -0.4 is 5.32 Å². The molecule has 0 saturated carbocycles. The first kappa shape index (κ1) is 11.9. The van der Waals surface area contributed by atoms with Crippen molar-refractivity contribution in [3.63, 3.8) is 0 Å². The Morgan fingerprint density at radius 1 is 1.40 bits per heavy atom. The van der Waals surface area contributed by atoms with Crippen molar-refractivity contribution < 1.29 is 4.79 Å². The van der Waals surface area contributed by atoms with E-state index >= 15 is 0 Å². The zero-order valence-electron chi connectivity index (χ0n) is 9.46. The van der Waals surface area contributed by atoms with Crippen LogP contribution in [0.1, 0.15) is 39.0 Å². The lowest BCUT2D eigenvalue weighted by Crippen LogP contribution is -2.44. The zero-order chi connectivity index (χ0) is 11.1. The maximum atomic E-state index is 11.8. The minimum absolute atomic E-state index is 0.0413. The highest BCUT2D eigenvalue weighted by atomic mass is 16.2. The second kappa shape index (κ2) is 6.34. The molecule has 0 aromatic heterocycles. The van der Waals surface area contributed by atoms with Crippen LogP contribution in [0.2, 0.25) is 0 Å². The fraction of sp³-hybridized carbons (Fsp3) is 0.750. The Morgan fingerprint density at radius 3 is 2.53 bits per heavy atom. The van der Waals surface area contributed by atoms with Gasteiger partial charge in [0.05, 0.1) is 0 Å².